The van der Waals surface area contributed by atoms with Gasteiger partial charge in [-0.2, -0.15) is 0 Å². The maximum atomic E-state index is 12.1. The van der Waals surface area contributed by atoms with Crippen molar-refractivity contribution >= 4 is 33.2 Å². The SMILES string of the molecule is Cc1cc(NC(=O)c2ccc(Br)o2)ccc1N1CCOCC1. The van der Waals surface area contributed by atoms with Crippen LogP contribution in [0.25, 0.3) is 0 Å². The lowest BCUT2D eigenvalue weighted by molar-refractivity contribution is 0.0995. The summed E-state index contributed by atoms with van der Waals surface area (Å²) in [6.07, 6.45) is 0. The maximum absolute atomic E-state index is 12.1. The molecule has 0 unspecified atom stereocenters. The van der Waals surface area contributed by atoms with Gasteiger partial charge in [0.2, 0.25) is 0 Å². The number of aryl methyl sites for hydroxylation is 1. The average molecular weight is 365 g/mol. The van der Waals surface area contributed by atoms with E-state index in [-0.39, 0.29) is 11.7 Å². The minimum absolute atomic E-state index is 0.260. The Labute approximate surface area is 137 Å². The summed E-state index contributed by atoms with van der Waals surface area (Å²) in [6, 6.07) is 9.25. The molecule has 1 fully saturated rings. The minimum Gasteiger partial charge on any atom is -0.444 e. The molecule has 0 radical (unpaired) electrons. The zero-order chi connectivity index (χ0) is 15.5. The molecule has 1 aromatic carbocycles. The van der Waals surface area contributed by atoms with E-state index >= 15 is 0 Å². The van der Waals surface area contributed by atoms with Gasteiger partial charge < -0.3 is 19.4 Å². The second-order valence-corrected chi connectivity index (χ2v) is 5.94. The monoisotopic (exact) mass is 364 g/mol. The standard InChI is InChI=1S/C16H17BrN2O3/c1-11-10-12(18-16(20)14-4-5-15(17)22-14)2-3-13(11)19-6-8-21-9-7-19/h2-5,10H,6-9H2,1H3,(H,18,20). The van der Waals surface area contributed by atoms with E-state index in [4.69, 9.17) is 9.15 Å². The highest BCUT2D eigenvalue weighted by atomic mass is 79.9. The third-order valence-electron chi connectivity index (χ3n) is 3.60. The summed E-state index contributed by atoms with van der Waals surface area (Å²) < 4.78 is 11.2. The van der Waals surface area contributed by atoms with Gasteiger partial charge in [0.05, 0.1) is 13.2 Å². The number of amides is 1. The summed E-state index contributed by atoms with van der Waals surface area (Å²) in [6.45, 7) is 5.35. The third kappa shape index (κ3) is 3.34. The molecule has 6 heteroatoms. The Bertz CT molecular complexity index is 678. The van der Waals surface area contributed by atoms with Gasteiger partial charge in [-0.3, -0.25) is 4.79 Å². The van der Waals surface area contributed by atoms with E-state index < -0.39 is 0 Å². The van der Waals surface area contributed by atoms with Gasteiger partial charge in [-0.1, -0.05) is 0 Å². The second-order valence-electron chi connectivity index (χ2n) is 5.16. The Morgan fingerprint density at radius 1 is 1.23 bits per heavy atom. The largest absolute Gasteiger partial charge is 0.444 e. The lowest BCUT2D eigenvalue weighted by atomic mass is 10.1. The molecule has 2 aromatic rings. The predicted octanol–water partition coefficient (Wildman–Crippen LogP) is 3.44. The van der Waals surface area contributed by atoms with Crippen LogP contribution in [0.4, 0.5) is 11.4 Å². The van der Waals surface area contributed by atoms with Crippen LogP contribution in [0, 0.1) is 6.92 Å². The van der Waals surface area contributed by atoms with Crippen molar-refractivity contribution < 1.29 is 13.9 Å². The molecular formula is C16H17BrN2O3. The van der Waals surface area contributed by atoms with Crippen molar-refractivity contribution in [3.8, 4) is 0 Å². The zero-order valence-electron chi connectivity index (χ0n) is 12.3. The first-order valence-electron chi connectivity index (χ1n) is 7.13. The molecule has 1 aliphatic heterocycles. The fourth-order valence-electron chi connectivity index (χ4n) is 2.52. The zero-order valence-corrected chi connectivity index (χ0v) is 13.9. The number of carbonyl (C=O) groups is 1. The Morgan fingerprint density at radius 2 is 2.00 bits per heavy atom. The van der Waals surface area contributed by atoms with Gasteiger partial charge in [-0.25, -0.2) is 0 Å². The summed E-state index contributed by atoms with van der Waals surface area (Å²) in [7, 11) is 0. The lowest BCUT2D eigenvalue weighted by Gasteiger charge is -2.30. The van der Waals surface area contributed by atoms with Crippen molar-refractivity contribution in [2.45, 2.75) is 6.92 Å². The van der Waals surface area contributed by atoms with Crippen LogP contribution in [0.3, 0.4) is 0 Å². The molecule has 1 amide bonds. The van der Waals surface area contributed by atoms with Crippen molar-refractivity contribution in [2.75, 3.05) is 36.5 Å². The fraction of sp³-hybridized carbons (Fsp3) is 0.312. The number of furan rings is 1. The molecule has 0 saturated carbocycles. The molecule has 1 saturated heterocycles. The van der Waals surface area contributed by atoms with Crippen molar-refractivity contribution in [3.05, 3.63) is 46.3 Å². The number of rotatable bonds is 3. The van der Waals surface area contributed by atoms with Crippen LogP contribution in [0.15, 0.2) is 39.4 Å². The van der Waals surface area contributed by atoms with Crippen LogP contribution >= 0.6 is 15.9 Å². The van der Waals surface area contributed by atoms with Crippen LogP contribution in [-0.4, -0.2) is 32.2 Å². The molecule has 1 aliphatic rings. The van der Waals surface area contributed by atoms with E-state index in [1.54, 1.807) is 12.1 Å². The van der Waals surface area contributed by atoms with E-state index in [0.717, 1.165) is 37.6 Å². The van der Waals surface area contributed by atoms with Crippen molar-refractivity contribution in [2.24, 2.45) is 0 Å². The van der Waals surface area contributed by atoms with Crippen LogP contribution in [0.2, 0.25) is 0 Å². The number of hydrogen-bond donors (Lipinski definition) is 1. The van der Waals surface area contributed by atoms with Crippen LogP contribution < -0.4 is 10.2 Å². The van der Waals surface area contributed by atoms with E-state index in [2.05, 4.69) is 26.1 Å². The summed E-state index contributed by atoms with van der Waals surface area (Å²) in [4.78, 5) is 14.4. The third-order valence-corrected chi connectivity index (χ3v) is 4.03. The molecule has 3 rings (SSSR count). The van der Waals surface area contributed by atoms with E-state index in [1.807, 2.05) is 25.1 Å². The highest BCUT2D eigenvalue weighted by Gasteiger charge is 2.15. The number of anilines is 2. The number of ether oxygens (including phenoxy) is 1. The maximum Gasteiger partial charge on any atom is 0.291 e. The number of hydrogen-bond acceptors (Lipinski definition) is 4. The summed E-state index contributed by atoms with van der Waals surface area (Å²) in [5.74, 6) is 0.0195. The Balaban J connectivity index is 1.72. The molecule has 1 aromatic heterocycles. The molecule has 2 heterocycles. The summed E-state index contributed by atoms with van der Waals surface area (Å²) >= 11 is 3.19. The van der Waals surface area contributed by atoms with Gasteiger partial charge in [-0.05, 0) is 58.7 Å². The number of carbonyl (C=O) groups excluding carboxylic acids is 1. The predicted molar refractivity (Wildman–Crippen MR) is 88.6 cm³/mol. The highest BCUT2D eigenvalue weighted by Crippen LogP contribution is 2.25. The van der Waals surface area contributed by atoms with Gasteiger partial charge in [0.1, 0.15) is 0 Å². The minimum atomic E-state index is -0.260. The Morgan fingerprint density at radius 3 is 2.64 bits per heavy atom. The smallest absolute Gasteiger partial charge is 0.291 e. The number of nitrogens with zero attached hydrogens (tertiary/aromatic N) is 1. The number of halogens is 1. The van der Waals surface area contributed by atoms with E-state index in [1.165, 1.54) is 5.69 Å². The Kier molecular flexibility index (Phi) is 4.49. The molecular weight excluding hydrogens is 348 g/mol. The Hall–Kier alpha value is -1.79. The molecule has 0 spiro atoms. The summed E-state index contributed by atoms with van der Waals surface area (Å²) in [5.41, 5.74) is 3.06. The van der Waals surface area contributed by atoms with Crippen LogP contribution in [0.1, 0.15) is 16.1 Å². The van der Waals surface area contributed by atoms with Gasteiger partial charge in [0.25, 0.3) is 5.91 Å². The van der Waals surface area contributed by atoms with Crippen LogP contribution in [0.5, 0.6) is 0 Å². The average Bonchev–Trinajstić information content (AvgIpc) is 2.95. The van der Waals surface area contributed by atoms with Crippen molar-refractivity contribution in [1.29, 1.82) is 0 Å². The van der Waals surface area contributed by atoms with Crippen molar-refractivity contribution in [3.63, 3.8) is 0 Å². The number of nitrogens with one attached hydrogen (secondary N) is 1. The van der Waals surface area contributed by atoms with Gasteiger partial charge in [0, 0.05) is 24.5 Å². The molecule has 5 nitrogen and oxygen atoms in total. The van der Waals surface area contributed by atoms with Crippen LogP contribution in [-0.2, 0) is 4.74 Å². The highest BCUT2D eigenvalue weighted by molar-refractivity contribution is 9.10. The fourth-order valence-corrected chi connectivity index (χ4v) is 2.83. The first kappa shape index (κ1) is 15.1. The van der Waals surface area contributed by atoms with E-state index in [0.29, 0.717) is 4.67 Å². The lowest BCUT2D eigenvalue weighted by Crippen LogP contribution is -2.36. The number of morpholine rings is 1. The van der Waals surface area contributed by atoms with Crippen molar-refractivity contribution in [1.82, 2.24) is 0 Å². The molecule has 0 aliphatic carbocycles. The molecule has 0 bridgehead atoms. The topological polar surface area (TPSA) is 54.7 Å². The quantitative estimate of drug-likeness (QED) is 0.906. The summed E-state index contributed by atoms with van der Waals surface area (Å²) in [5, 5.41) is 2.85. The number of benzene rings is 1. The molecule has 116 valence electrons. The van der Waals surface area contributed by atoms with E-state index in [9.17, 15) is 4.79 Å². The van der Waals surface area contributed by atoms with Gasteiger partial charge in [0.15, 0.2) is 10.4 Å². The first-order valence-corrected chi connectivity index (χ1v) is 7.93. The van der Waals surface area contributed by atoms with Gasteiger partial charge in [-0.15, -0.1) is 0 Å². The molecule has 0 atom stereocenters. The first-order chi connectivity index (χ1) is 10.6. The molecule has 1 N–H and O–H groups in total. The van der Waals surface area contributed by atoms with Gasteiger partial charge >= 0.3 is 0 Å². The second kappa shape index (κ2) is 6.54. The normalized spacial score (nSPS) is 14.9. The molecule has 22 heavy (non-hydrogen) atoms.